The summed E-state index contributed by atoms with van der Waals surface area (Å²) < 4.78 is 1.04. The van der Waals surface area contributed by atoms with E-state index in [1.807, 2.05) is 6.07 Å². The summed E-state index contributed by atoms with van der Waals surface area (Å²) >= 11 is 9.63. The number of rotatable bonds is 4. The zero-order valence-electron chi connectivity index (χ0n) is 9.97. The molecule has 1 aliphatic carbocycles. The smallest absolute Gasteiger partial charge is 0.0536 e. The molecule has 1 aromatic rings. The fourth-order valence-corrected chi connectivity index (χ4v) is 3.25. The van der Waals surface area contributed by atoms with Crippen LogP contribution in [0.5, 0.6) is 0 Å². The molecule has 17 heavy (non-hydrogen) atoms. The van der Waals surface area contributed by atoms with Crippen LogP contribution in [0.1, 0.15) is 37.8 Å². The SMILES string of the molecule is CCNC(C1=CCCC1)c1cc(Cl)cc(Br)c1. The van der Waals surface area contributed by atoms with E-state index in [4.69, 9.17) is 11.6 Å². The van der Waals surface area contributed by atoms with Gasteiger partial charge in [-0.05, 0) is 49.6 Å². The molecule has 1 N–H and O–H groups in total. The summed E-state index contributed by atoms with van der Waals surface area (Å²) in [6.07, 6.45) is 6.04. The van der Waals surface area contributed by atoms with E-state index in [1.165, 1.54) is 30.4 Å². The van der Waals surface area contributed by atoms with Gasteiger partial charge in [-0.25, -0.2) is 0 Å². The minimum Gasteiger partial charge on any atom is -0.307 e. The van der Waals surface area contributed by atoms with Crippen LogP contribution < -0.4 is 5.32 Å². The van der Waals surface area contributed by atoms with Gasteiger partial charge < -0.3 is 5.32 Å². The minimum atomic E-state index is 0.317. The lowest BCUT2D eigenvalue weighted by molar-refractivity contribution is 0.605. The Morgan fingerprint density at radius 1 is 1.41 bits per heavy atom. The van der Waals surface area contributed by atoms with Crippen LogP contribution in [0.2, 0.25) is 5.02 Å². The Balaban J connectivity index is 2.31. The van der Waals surface area contributed by atoms with Crippen LogP contribution in [-0.4, -0.2) is 6.54 Å². The van der Waals surface area contributed by atoms with E-state index < -0.39 is 0 Å². The predicted octanol–water partition coefficient (Wildman–Crippen LogP) is 4.86. The van der Waals surface area contributed by atoms with Crippen LogP contribution in [0.25, 0.3) is 0 Å². The second kappa shape index (κ2) is 6.03. The summed E-state index contributed by atoms with van der Waals surface area (Å²) in [5.41, 5.74) is 2.75. The predicted molar refractivity (Wildman–Crippen MR) is 77.5 cm³/mol. The summed E-state index contributed by atoms with van der Waals surface area (Å²) in [4.78, 5) is 0. The van der Waals surface area contributed by atoms with Crippen molar-refractivity contribution < 1.29 is 0 Å². The van der Waals surface area contributed by atoms with E-state index in [2.05, 4.69) is 46.4 Å². The van der Waals surface area contributed by atoms with E-state index >= 15 is 0 Å². The van der Waals surface area contributed by atoms with Crippen LogP contribution in [0.15, 0.2) is 34.3 Å². The van der Waals surface area contributed by atoms with E-state index in [9.17, 15) is 0 Å². The molecule has 2 rings (SSSR count). The third kappa shape index (κ3) is 3.34. The maximum absolute atomic E-state index is 6.12. The van der Waals surface area contributed by atoms with Crippen molar-refractivity contribution in [2.75, 3.05) is 6.54 Å². The first-order chi connectivity index (χ1) is 8.20. The molecule has 1 nitrogen and oxygen atoms in total. The third-order valence-corrected chi connectivity index (χ3v) is 3.75. The Morgan fingerprint density at radius 2 is 2.24 bits per heavy atom. The van der Waals surface area contributed by atoms with Gasteiger partial charge in [-0.1, -0.05) is 46.1 Å². The highest BCUT2D eigenvalue weighted by molar-refractivity contribution is 9.10. The van der Waals surface area contributed by atoms with Gasteiger partial charge in [-0.3, -0.25) is 0 Å². The number of hydrogen-bond acceptors (Lipinski definition) is 1. The lowest BCUT2D eigenvalue weighted by atomic mass is 9.98. The van der Waals surface area contributed by atoms with Crippen molar-refractivity contribution in [2.45, 2.75) is 32.2 Å². The molecule has 0 aromatic heterocycles. The van der Waals surface area contributed by atoms with Crippen molar-refractivity contribution in [3.05, 3.63) is 44.9 Å². The van der Waals surface area contributed by atoms with Crippen molar-refractivity contribution in [3.63, 3.8) is 0 Å². The molecule has 3 heteroatoms. The molecule has 1 aromatic carbocycles. The van der Waals surface area contributed by atoms with Gasteiger partial charge in [0.2, 0.25) is 0 Å². The molecule has 0 heterocycles. The molecule has 0 aliphatic heterocycles. The fourth-order valence-electron chi connectivity index (χ4n) is 2.37. The van der Waals surface area contributed by atoms with Crippen LogP contribution >= 0.6 is 27.5 Å². The molecule has 0 bridgehead atoms. The Labute approximate surface area is 116 Å². The molecule has 1 aliphatic rings. The highest BCUT2D eigenvalue weighted by atomic mass is 79.9. The number of benzene rings is 1. The van der Waals surface area contributed by atoms with Gasteiger partial charge in [0.1, 0.15) is 0 Å². The molecule has 0 radical (unpaired) electrons. The number of halogens is 2. The molecule has 0 saturated carbocycles. The number of hydrogen-bond donors (Lipinski definition) is 1. The summed E-state index contributed by atoms with van der Waals surface area (Å²) in [5.74, 6) is 0. The van der Waals surface area contributed by atoms with Gasteiger partial charge in [-0.15, -0.1) is 0 Å². The van der Waals surface area contributed by atoms with Gasteiger partial charge >= 0.3 is 0 Å². The van der Waals surface area contributed by atoms with Crippen molar-refractivity contribution in [1.82, 2.24) is 5.32 Å². The molecule has 1 unspecified atom stereocenters. The number of likely N-dealkylation sites (N-methyl/N-ethyl adjacent to an activating group) is 1. The monoisotopic (exact) mass is 313 g/mol. The van der Waals surface area contributed by atoms with Crippen molar-refractivity contribution in [2.24, 2.45) is 0 Å². The second-order valence-electron chi connectivity index (χ2n) is 4.36. The molecular formula is C14H17BrClN. The van der Waals surface area contributed by atoms with E-state index in [0.29, 0.717) is 6.04 Å². The molecule has 0 amide bonds. The third-order valence-electron chi connectivity index (χ3n) is 3.07. The quantitative estimate of drug-likeness (QED) is 0.782. The zero-order chi connectivity index (χ0) is 12.3. The highest BCUT2D eigenvalue weighted by Gasteiger charge is 2.18. The Kier molecular flexibility index (Phi) is 4.66. The second-order valence-corrected chi connectivity index (χ2v) is 5.72. The van der Waals surface area contributed by atoms with Crippen molar-refractivity contribution in [3.8, 4) is 0 Å². The normalized spacial score (nSPS) is 17.0. The Hall–Kier alpha value is -0.310. The van der Waals surface area contributed by atoms with Crippen LogP contribution in [0.4, 0.5) is 0 Å². The van der Waals surface area contributed by atoms with Gasteiger partial charge in [-0.2, -0.15) is 0 Å². The molecule has 0 spiro atoms. The summed E-state index contributed by atoms with van der Waals surface area (Å²) in [6, 6.07) is 6.45. The molecule has 1 atom stereocenters. The topological polar surface area (TPSA) is 12.0 Å². The summed E-state index contributed by atoms with van der Waals surface area (Å²) in [6.45, 7) is 3.11. The van der Waals surface area contributed by atoms with E-state index in [0.717, 1.165) is 16.0 Å². The first-order valence-electron chi connectivity index (χ1n) is 6.09. The van der Waals surface area contributed by atoms with Gasteiger partial charge in [0, 0.05) is 9.50 Å². The van der Waals surface area contributed by atoms with Crippen LogP contribution in [0, 0.1) is 0 Å². The summed E-state index contributed by atoms with van der Waals surface area (Å²) in [5, 5.41) is 4.34. The average molecular weight is 315 g/mol. The highest BCUT2D eigenvalue weighted by Crippen LogP contribution is 2.33. The fraction of sp³-hybridized carbons (Fsp3) is 0.429. The minimum absolute atomic E-state index is 0.317. The number of nitrogens with one attached hydrogen (secondary N) is 1. The largest absolute Gasteiger partial charge is 0.307 e. The van der Waals surface area contributed by atoms with Crippen LogP contribution in [0.3, 0.4) is 0 Å². The first kappa shape index (κ1) is 13.1. The number of allylic oxidation sites excluding steroid dienone is 1. The van der Waals surface area contributed by atoms with Gasteiger partial charge in [0.25, 0.3) is 0 Å². The standard InChI is InChI=1S/C14H17BrClN/c1-2-17-14(10-5-3-4-6-10)11-7-12(15)9-13(16)8-11/h5,7-9,14,17H,2-4,6H2,1H3. The van der Waals surface area contributed by atoms with Gasteiger partial charge in [0.05, 0.1) is 6.04 Å². The zero-order valence-corrected chi connectivity index (χ0v) is 12.3. The van der Waals surface area contributed by atoms with Crippen molar-refractivity contribution >= 4 is 27.5 Å². The van der Waals surface area contributed by atoms with Crippen molar-refractivity contribution in [1.29, 1.82) is 0 Å². The first-order valence-corrected chi connectivity index (χ1v) is 7.26. The Morgan fingerprint density at radius 3 is 2.82 bits per heavy atom. The molecule has 92 valence electrons. The summed E-state index contributed by atoms with van der Waals surface area (Å²) in [7, 11) is 0. The molecular weight excluding hydrogens is 298 g/mol. The maximum Gasteiger partial charge on any atom is 0.0536 e. The molecule has 0 saturated heterocycles. The molecule has 0 fully saturated rings. The average Bonchev–Trinajstić information content (AvgIpc) is 2.77. The Bertz CT molecular complexity index is 408. The maximum atomic E-state index is 6.12. The lowest BCUT2D eigenvalue weighted by Crippen LogP contribution is -2.22. The van der Waals surface area contributed by atoms with Gasteiger partial charge in [0.15, 0.2) is 0 Å². The van der Waals surface area contributed by atoms with E-state index in [-0.39, 0.29) is 0 Å². The van der Waals surface area contributed by atoms with E-state index in [1.54, 1.807) is 0 Å². The van der Waals surface area contributed by atoms with Crippen LogP contribution in [-0.2, 0) is 0 Å². The lowest BCUT2D eigenvalue weighted by Gasteiger charge is -2.20.